The monoisotopic (exact) mass is 344 g/mol. The molecule has 0 spiro atoms. The molecule has 20 heavy (non-hydrogen) atoms. The molecule has 1 aliphatic carbocycles. The largest absolute Gasteiger partial charge is 0.379 e. The van der Waals surface area contributed by atoms with Crippen molar-refractivity contribution >= 4 is 22.0 Å². The van der Waals surface area contributed by atoms with E-state index in [1.807, 2.05) is 0 Å². The molecule has 0 aliphatic heterocycles. The first-order valence-electron chi connectivity index (χ1n) is 6.68. The third kappa shape index (κ3) is 5.46. The van der Waals surface area contributed by atoms with E-state index in [1.165, 1.54) is 18.9 Å². The molecule has 2 N–H and O–H groups in total. The number of hydrogen-bond donors (Lipinski definition) is 2. The zero-order valence-corrected chi connectivity index (χ0v) is 12.7. The van der Waals surface area contributed by atoms with Crippen LogP contribution >= 0.6 is 15.9 Å². The molecule has 0 heterocycles. The number of carbonyl (C=O) groups excluding carboxylic acids is 1. The number of amides is 2. The van der Waals surface area contributed by atoms with Crippen molar-refractivity contribution < 1.29 is 13.9 Å². The number of ether oxygens (including phenoxy) is 1. The summed E-state index contributed by atoms with van der Waals surface area (Å²) in [6.07, 6.45) is 2.52. The second kappa shape index (κ2) is 7.59. The molecule has 0 atom stereocenters. The number of benzene rings is 1. The molecule has 0 unspecified atom stereocenters. The minimum Gasteiger partial charge on any atom is -0.379 e. The van der Waals surface area contributed by atoms with Crippen molar-refractivity contribution in [1.82, 2.24) is 10.6 Å². The predicted octanol–water partition coefficient (Wildman–Crippen LogP) is 2.81. The Balaban J connectivity index is 1.57. The van der Waals surface area contributed by atoms with Gasteiger partial charge in [-0.2, -0.15) is 0 Å². The highest BCUT2D eigenvalue weighted by Crippen LogP contribution is 2.28. The Morgan fingerprint density at radius 3 is 2.90 bits per heavy atom. The molecular formula is C14H18BrFN2O2. The Kier molecular flexibility index (Phi) is 5.79. The summed E-state index contributed by atoms with van der Waals surface area (Å²) in [5.41, 5.74) is 0.714. The van der Waals surface area contributed by atoms with E-state index in [0.29, 0.717) is 29.7 Å². The number of hydrogen-bond acceptors (Lipinski definition) is 2. The van der Waals surface area contributed by atoms with Gasteiger partial charge in [-0.25, -0.2) is 9.18 Å². The van der Waals surface area contributed by atoms with E-state index in [-0.39, 0.29) is 11.8 Å². The maximum Gasteiger partial charge on any atom is 0.315 e. The Bertz CT molecular complexity index is 466. The minimum atomic E-state index is -0.335. The van der Waals surface area contributed by atoms with Crippen molar-refractivity contribution in [1.29, 1.82) is 0 Å². The Morgan fingerprint density at radius 2 is 2.20 bits per heavy atom. The summed E-state index contributed by atoms with van der Waals surface area (Å²) in [4.78, 5) is 11.5. The van der Waals surface area contributed by atoms with Gasteiger partial charge in [-0.15, -0.1) is 0 Å². The highest BCUT2D eigenvalue weighted by molar-refractivity contribution is 9.10. The molecule has 0 saturated heterocycles. The molecule has 1 saturated carbocycles. The Morgan fingerprint density at radius 1 is 1.40 bits per heavy atom. The lowest BCUT2D eigenvalue weighted by Gasteiger charge is -2.08. The summed E-state index contributed by atoms with van der Waals surface area (Å²) < 4.78 is 19.1. The van der Waals surface area contributed by atoms with Gasteiger partial charge >= 0.3 is 6.03 Å². The zero-order chi connectivity index (χ0) is 14.4. The molecule has 0 aromatic heterocycles. The van der Waals surface area contributed by atoms with Crippen LogP contribution in [0.25, 0.3) is 0 Å². The first-order chi connectivity index (χ1) is 9.65. The molecule has 2 amide bonds. The second-order valence-electron chi connectivity index (χ2n) is 4.88. The summed E-state index contributed by atoms with van der Waals surface area (Å²) in [7, 11) is 0. The van der Waals surface area contributed by atoms with Crippen LogP contribution in [0, 0.1) is 11.7 Å². The van der Waals surface area contributed by atoms with Gasteiger partial charge in [-0.1, -0.05) is 6.07 Å². The molecule has 4 nitrogen and oxygen atoms in total. The summed E-state index contributed by atoms with van der Waals surface area (Å²) in [5, 5.41) is 5.37. The maximum absolute atomic E-state index is 13.3. The summed E-state index contributed by atoms with van der Waals surface area (Å²) >= 11 is 3.08. The van der Waals surface area contributed by atoms with Gasteiger partial charge in [-0.05, 0) is 52.4 Å². The minimum absolute atomic E-state index is 0.275. The van der Waals surface area contributed by atoms with Gasteiger partial charge in [0.15, 0.2) is 0 Å². The maximum atomic E-state index is 13.3. The van der Waals surface area contributed by atoms with E-state index in [0.717, 1.165) is 12.5 Å². The van der Waals surface area contributed by atoms with Crippen molar-refractivity contribution in [2.24, 2.45) is 5.92 Å². The normalized spacial score (nSPS) is 14.1. The van der Waals surface area contributed by atoms with Crippen LogP contribution in [0.2, 0.25) is 0 Å². The number of nitrogens with one attached hydrogen (secondary N) is 2. The van der Waals surface area contributed by atoms with Crippen LogP contribution in [0.5, 0.6) is 0 Å². The fourth-order valence-corrected chi connectivity index (χ4v) is 1.91. The Labute approximate surface area is 126 Å². The summed E-state index contributed by atoms with van der Waals surface area (Å²) in [6, 6.07) is 4.49. The van der Waals surface area contributed by atoms with Crippen molar-refractivity contribution in [2.75, 3.05) is 19.8 Å². The average molecular weight is 345 g/mol. The molecular weight excluding hydrogens is 327 g/mol. The third-order valence-corrected chi connectivity index (χ3v) is 3.66. The van der Waals surface area contributed by atoms with Crippen LogP contribution in [0.1, 0.15) is 18.4 Å². The molecule has 0 bridgehead atoms. The fourth-order valence-electron chi connectivity index (χ4n) is 1.67. The van der Waals surface area contributed by atoms with Crippen LogP contribution in [0.15, 0.2) is 22.7 Å². The number of carbonyl (C=O) groups is 1. The van der Waals surface area contributed by atoms with Gasteiger partial charge in [0, 0.05) is 19.7 Å². The van der Waals surface area contributed by atoms with E-state index in [1.54, 1.807) is 12.1 Å². The van der Waals surface area contributed by atoms with Gasteiger partial charge in [0.2, 0.25) is 0 Å². The molecule has 0 radical (unpaired) electrons. The first kappa shape index (κ1) is 15.3. The van der Waals surface area contributed by atoms with Gasteiger partial charge < -0.3 is 15.4 Å². The van der Waals surface area contributed by atoms with Gasteiger partial charge in [-0.3, -0.25) is 0 Å². The molecule has 1 fully saturated rings. The van der Waals surface area contributed by atoms with E-state index in [9.17, 15) is 9.18 Å². The van der Waals surface area contributed by atoms with Crippen molar-refractivity contribution in [3.05, 3.63) is 34.1 Å². The lowest BCUT2D eigenvalue weighted by Crippen LogP contribution is -2.37. The molecule has 1 aromatic rings. The second-order valence-corrected chi connectivity index (χ2v) is 5.73. The van der Waals surface area contributed by atoms with E-state index in [2.05, 4.69) is 26.6 Å². The van der Waals surface area contributed by atoms with Crippen LogP contribution in [0.3, 0.4) is 0 Å². The molecule has 6 heteroatoms. The Hall–Kier alpha value is -1.14. The highest BCUT2D eigenvalue weighted by Gasteiger charge is 2.20. The quantitative estimate of drug-likeness (QED) is 0.747. The van der Waals surface area contributed by atoms with E-state index in [4.69, 9.17) is 4.74 Å². The SMILES string of the molecule is O=C(NCCOCC1CC1)NCc1ccc(Br)c(F)c1. The molecule has 1 aliphatic rings. The van der Waals surface area contributed by atoms with Crippen molar-refractivity contribution in [2.45, 2.75) is 19.4 Å². The lowest BCUT2D eigenvalue weighted by molar-refractivity contribution is 0.127. The van der Waals surface area contributed by atoms with E-state index < -0.39 is 0 Å². The van der Waals surface area contributed by atoms with Gasteiger partial charge in [0.1, 0.15) is 5.82 Å². The number of halogens is 2. The van der Waals surface area contributed by atoms with Crippen LogP contribution < -0.4 is 10.6 Å². The summed E-state index contributed by atoms with van der Waals surface area (Å²) in [6.45, 7) is 2.09. The van der Waals surface area contributed by atoms with Gasteiger partial charge in [0.25, 0.3) is 0 Å². The molecule has 2 rings (SSSR count). The first-order valence-corrected chi connectivity index (χ1v) is 7.48. The van der Waals surface area contributed by atoms with Crippen molar-refractivity contribution in [3.63, 3.8) is 0 Å². The third-order valence-electron chi connectivity index (χ3n) is 3.02. The van der Waals surface area contributed by atoms with Crippen LogP contribution in [0.4, 0.5) is 9.18 Å². The highest BCUT2D eigenvalue weighted by atomic mass is 79.9. The topological polar surface area (TPSA) is 50.4 Å². The van der Waals surface area contributed by atoms with Crippen molar-refractivity contribution in [3.8, 4) is 0 Å². The van der Waals surface area contributed by atoms with Crippen LogP contribution in [-0.4, -0.2) is 25.8 Å². The predicted molar refractivity (Wildman–Crippen MR) is 77.9 cm³/mol. The number of urea groups is 1. The fraction of sp³-hybridized carbons (Fsp3) is 0.500. The number of rotatable bonds is 7. The summed E-state index contributed by atoms with van der Waals surface area (Å²) in [5.74, 6) is 0.398. The van der Waals surface area contributed by atoms with E-state index >= 15 is 0 Å². The zero-order valence-electron chi connectivity index (χ0n) is 11.1. The average Bonchev–Trinajstić information content (AvgIpc) is 3.24. The molecule has 1 aromatic carbocycles. The van der Waals surface area contributed by atoms with Gasteiger partial charge in [0.05, 0.1) is 11.1 Å². The smallest absolute Gasteiger partial charge is 0.315 e. The van der Waals surface area contributed by atoms with Crippen LogP contribution in [-0.2, 0) is 11.3 Å². The lowest BCUT2D eigenvalue weighted by atomic mass is 10.2. The standard InChI is InChI=1S/C14H18BrFN2O2/c15-12-4-3-11(7-13(12)16)8-18-14(19)17-5-6-20-9-10-1-2-10/h3-4,7,10H,1-2,5-6,8-9H2,(H2,17,18,19). The molecule has 110 valence electrons.